The fourth-order valence-electron chi connectivity index (χ4n) is 10.5. The summed E-state index contributed by atoms with van der Waals surface area (Å²) in [6.45, 7) is 6.83. The Hall–Kier alpha value is -2.55. The lowest BCUT2D eigenvalue weighted by atomic mass is 10.0. The third kappa shape index (κ3) is 65.7. The van der Waals surface area contributed by atoms with Crippen molar-refractivity contribution in [3.63, 3.8) is 0 Å². The lowest BCUT2D eigenvalue weighted by molar-refractivity contribution is -0.870. The molecular weight excluding hydrogens is 1070 g/mol. The van der Waals surface area contributed by atoms with Crippen LogP contribution >= 0.6 is 7.82 Å². The largest absolute Gasteiger partial charge is 0.756 e. The number of hydrogen-bond acceptors (Lipinski definition) is 7. The van der Waals surface area contributed by atoms with Gasteiger partial charge in [-0.2, -0.15) is 0 Å². The molecule has 0 fully saturated rings. The number of rotatable bonds is 66. The van der Waals surface area contributed by atoms with Gasteiger partial charge in [0.2, 0.25) is 5.91 Å². The first-order valence-electron chi connectivity index (χ1n) is 36.2. The van der Waals surface area contributed by atoms with Gasteiger partial charge in [0.1, 0.15) is 19.3 Å². The first-order valence-corrected chi connectivity index (χ1v) is 37.7. The number of allylic oxidation sites excluding steroid dienone is 11. The lowest BCUT2D eigenvalue weighted by Gasteiger charge is -2.30. The summed E-state index contributed by atoms with van der Waals surface area (Å²) in [7, 11) is 1.19. The number of esters is 1. The zero-order valence-corrected chi connectivity index (χ0v) is 57.7. The Morgan fingerprint density at radius 1 is 0.412 bits per heavy atom. The third-order valence-electron chi connectivity index (χ3n) is 16.1. The molecule has 0 aliphatic heterocycles. The molecule has 0 aromatic carbocycles. The summed E-state index contributed by atoms with van der Waals surface area (Å²) in [5.74, 6) is -0.535. The van der Waals surface area contributed by atoms with E-state index in [1.54, 1.807) is 0 Å². The van der Waals surface area contributed by atoms with Crippen LogP contribution in [0.2, 0.25) is 0 Å². The highest BCUT2D eigenvalue weighted by atomic mass is 31.2. The van der Waals surface area contributed by atoms with Crippen LogP contribution in [0.15, 0.2) is 72.9 Å². The maximum Gasteiger partial charge on any atom is 0.306 e. The second kappa shape index (κ2) is 64.4. The lowest BCUT2D eigenvalue weighted by Crippen LogP contribution is -2.47. The summed E-state index contributed by atoms with van der Waals surface area (Å²) < 4.78 is 30.5. The van der Waals surface area contributed by atoms with E-state index in [1.165, 1.54) is 218 Å². The minimum atomic E-state index is -4.71. The van der Waals surface area contributed by atoms with Crippen molar-refractivity contribution >= 4 is 19.7 Å². The number of carbonyl (C=O) groups is 2. The van der Waals surface area contributed by atoms with Crippen LogP contribution in [0.3, 0.4) is 0 Å². The number of quaternary nitrogens is 1. The molecule has 3 unspecified atom stereocenters. The van der Waals surface area contributed by atoms with Crippen LogP contribution < -0.4 is 10.2 Å². The van der Waals surface area contributed by atoms with Crippen LogP contribution in [0, 0.1) is 0 Å². The van der Waals surface area contributed by atoms with Gasteiger partial charge in [-0.1, -0.05) is 299 Å². The number of likely N-dealkylation sites (N-methyl/N-ethyl adjacent to an activating group) is 1. The van der Waals surface area contributed by atoms with Gasteiger partial charge >= 0.3 is 5.97 Å². The molecular formula is C75H139N2O7P. The van der Waals surface area contributed by atoms with Crippen LogP contribution in [-0.2, 0) is 27.9 Å². The van der Waals surface area contributed by atoms with Gasteiger partial charge in [0.25, 0.3) is 7.82 Å². The second-order valence-corrected chi connectivity index (χ2v) is 27.1. The predicted molar refractivity (Wildman–Crippen MR) is 367 cm³/mol. The Morgan fingerprint density at radius 3 is 1.09 bits per heavy atom. The van der Waals surface area contributed by atoms with E-state index in [-0.39, 0.29) is 31.5 Å². The van der Waals surface area contributed by atoms with Crippen molar-refractivity contribution in [1.29, 1.82) is 0 Å². The maximum absolute atomic E-state index is 13.6. The number of phosphoric ester groups is 1. The van der Waals surface area contributed by atoms with E-state index < -0.39 is 20.0 Å². The predicted octanol–water partition coefficient (Wildman–Crippen LogP) is 22.5. The number of ether oxygens (including phenoxy) is 1. The standard InChI is InChI=1S/C75H139N2O7P/c1-7-10-13-16-19-22-25-28-30-32-34-36-38-40-42-44-46-49-52-55-58-61-64-67-74(78)76-72(71-83-85(80,81)82-70-69-77(4,5)6)73(66-63-60-57-54-51-48-27-24-21-18-15-12-9-3)84-75(79)68-65-62-59-56-53-50-47-45-43-41-39-37-35-33-31-29-26-23-20-17-14-11-8-2/h19-20,22-23,28-31,34,36,63,66,72-73H,7-18,21,24-27,32-33,35,37-62,64-65,67-71H2,1-6H3,(H-,76,78,80,81)/b22-19-,23-20-,30-28-,31-29-,36-34-,66-63+. The van der Waals surface area contributed by atoms with Crippen molar-refractivity contribution < 1.29 is 37.3 Å². The second-order valence-electron chi connectivity index (χ2n) is 25.7. The fourth-order valence-corrected chi connectivity index (χ4v) is 11.2. The molecule has 0 aliphatic rings. The molecule has 1 amide bonds. The van der Waals surface area contributed by atoms with Crippen molar-refractivity contribution in [3.05, 3.63) is 72.9 Å². The topological polar surface area (TPSA) is 114 Å². The zero-order chi connectivity index (χ0) is 62.1. The van der Waals surface area contributed by atoms with E-state index in [1.807, 2.05) is 33.3 Å². The highest BCUT2D eigenvalue weighted by Gasteiger charge is 2.27. The molecule has 9 nitrogen and oxygen atoms in total. The molecule has 3 atom stereocenters. The molecule has 496 valence electrons. The van der Waals surface area contributed by atoms with Crippen molar-refractivity contribution in [2.45, 2.75) is 354 Å². The molecule has 0 saturated carbocycles. The van der Waals surface area contributed by atoms with Gasteiger partial charge in [-0.15, -0.1) is 0 Å². The van der Waals surface area contributed by atoms with Gasteiger partial charge < -0.3 is 28.5 Å². The first kappa shape index (κ1) is 82.5. The van der Waals surface area contributed by atoms with Gasteiger partial charge in [-0.25, -0.2) is 0 Å². The molecule has 10 heteroatoms. The minimum Gasteiger partial charge on any atom is -0.756 e. The van der Waals surface area contributed by atoms with Gasteiger partial charge in [0.05, 0.1) is 33.8 Å². The minimum absolute atomic E-state index is 0.0241. The molecule has 0 spiro atoms. The zero-order valence-electron chi connectivity index (χ0n) is 56.8. The Kier molecular flexibility index (Phi) is 62.5. The van der Waals surface area contributed by atoms with E-state index in [0.29, 0.717) is 17.4 Å². The number of amides is 1. The summed E-state index contributed by atoms with van der Waals surface area (Å²) in [6.07, 6.45) is 84.4. The molecule has 0 radical (unpaired) electrons. The van der Waals surface area contributed by atoms with E-state index >= 15 is 0 Å². The van der Waals surface area contributed by atoms with Crippen molar-refractivity contribution in [1.82, 2.24) is 5.32 Å². The Bertz CT molecular complexity index is 1680. The van der Waals surface area contributed by atoms with Gasteiger partial charge in [0, 0.05) is 12.8 Å². The smallest absolute Gasteiger partial charge is 0.306 e. The van der Waals surface area contributed by atoms with E-state index in [2.05, 4.69) is 86.8 Å². The number of nitrogens with one attached hydrogen (secondary N) is 1. The van der Waals surface area contributed by atoms with E-state index in [0.717, 1.165) is 89.9 Å². The molecule has 0 saturated heterocycles. The first-order chi connectivity index (χ1) is 41.4. The highest BCUT2D eigenvalue weighted by molar-refractivity contribution is 7.45. The summed E-state index contributed by atoms with van der Waals surface area (Å²) in [6, 6.07) is -0.894. The highest BCUT2D eigenvalue weighted by Crippen LogP contribution is 2.38. The molecule has 85 heavy (non-hydrogen) atoms. The molecule has 1 N–H and O–H groups in total. The SMILES string of the molecule is CCCCC/C=C\C/C=C\C/C=C\CCCCCCCCCCCCC(=O)NC(COP(=O)([O-])OCC[N+](C)(C)C)C(/C=C/CCCCCCCCCCCCC)OC(=O)CCCCCCCCCCCCCCC/C=C\C/C=C\CCCCC. The molecule has 0 heterocycles. The third-order valence-corrected chi connectivity index (χ3v) is 17.1. The van der Waals surface area contributed by atoms with Crippen LogP contribution in [0.1, 0.15) is 342 Å². The van der Waals surface area contributed by atoms with Crippen molar-refractivity contribution in [3.8, 4) is 0 Å². The summed E-state index contributed by atoms with van der Waals surface area (Å²) in [5.41, 5.74) is 0. The average molecular weight is 1210 g/mol. The van der Waals surface area contributed by atoms with E-state index in [9.17, 15) is 19.0 Å². The number of carbonyl (C=O) groups excluding carboxylic acids is 2. The molecule has 0 aromatic rings. The number of hydrogen-bond donors (Lipinski definition) is 1. The fraction of sp³-hybridized carbons (Fsp3) is 0.813. The van der Waals surface area contributed by atoms with Gasteiger partial charge in [-0.05, 0) is 102 Å². The maximum atomic E-state index is 13.6. The van der Waals surface area contributed by atoms with Crippen molar-refractivity contribution in [2.75, 3.05) is 40.9 Å². The quantitative estimate of drug-likeness (QED) is 0.0212. The van der Waals surface area contributed by atoms with E-state index in [4.69, 9.17) is 13.8 Å². The Balaban J connectivity index is 5.10. The monoisotopic (exact) mass is 1210 g/mol. The number of unbranched alkanes of at least 4 members (excludes halogenated alkanes) is 40. The Morgan fingerprint density at radius 2 is 0.718 bits per heavy atom. The van der Waals surface area contributed by atoms with Crippen molar-refractivity contribution in [2.24, 2.45) is 0 Å². The number of nitrogens with zero attached hydrogens (tertiary/aromatic N) is 1. The van der Waals surface area contributed by atoms with Crippen LogP contribution in [0.25, 0.3) is 0 Å². The molecule has 0 aliphatic carbocycles. The van der Waals surface area contributed by atoms with Gasteiger partial charge in [-0.3, -0.25) is 14.2 Å². The molecule has 0 aromatic heterocycles. The Labute approximate surface area is 527 Å². The van der Waals surface area contributed by atoms with Crippen LogP contribution in [0.5, 0.6) is 0 Å². The van der Waals surface area contributed by atoms with Crippen LogP contribution in [0.4, 0.5) is 0 Å². The average Bonchev–Trinajstić information content (AvgIpc) is 3.52. The summed E-state index contributed by atoms with van der Waals surface area (Å²) >= 11 is 0. The molecule has 0 rings (SSSR count). The van der Waals surface area contributed by atoms with Crippen LogP contribution in [-0.4, -0.2) is 69.4 Å². The van der Waals surface area contributed by atoms with Gasteiger partial charge in [0.15, 0.2) is 0 Å². The summed E-state index contributed by atoms with van der Waals surface area (Å²) in [4.78, 5) is 40.2. The summed E-state index contributed by atoms with van der Waals surface area (Å²) in [5, 5.41) is 3.05. The normalized spacial score (nSPS) is 13.9. The number of phosphoric acid groups is 1. The molecule has 0 bridgehead atoms.